The number of hydrogen-bond donors (Lipinski definition) is 3. The standard InChI is InChI=1S/C23H30N2O6S/c1-17-9-11-20(12-10-17)32(29,30)24-21-14-19(8-5-13-26)25(15-22(21)27)23(28)31-16-18-6-3-2-4-7-18/h2-4,6-7,9-12,19,21-22,24,26-27H,5,8,13-16H2,1H3/t19-,21+,22+/m1/s1. The summed E-state index contributed by atoms with van der Waals surface area (Å²) in [5, 5.41) is 19.9. The quantitative estimate of drug-likeness (QED) is 0.554. The predicted octanol–water partition coefficient (Wildman–Crippen LogP) is 2.19. The molecule has 1 aliphatic rings. The number of carbonyl (C=O) groups is 1. The lowest BCUT2D eigenvalue weighted by atomic mass is 9.93. The van der Waals surface area contributed by atoms with Gasteiger partial charge in [0.25, 0.3) is 0 Å². The summed E-state index contributed by atoms with van der Waals surface area (Å²) < 4.78 is 33.6. The summed E-state index contributed by atoms with van der Waals surface area (Å²) in [6.45, 7) is 1.85. The van der Waals surface area contributed by atoms with Crippen molar-refractivity contribution in [2.75, 3.05) is 13.2 Å². The molecule has 0 unspecified atom stereocenters. The molecule has 174 valence electrons. The van der Waals surface area contributed by atoms with Crippen LogP contribution in [0.25, 0.3) is 0 Å². The van der Waals surface area contributed by atoms with E-state index in [1.165, 1.54) is 17.0 Å². The third-order valence-corrected chi connectivity index (χ3v) is 7.09. The molecule has 1 heterocycles. The zero-order chi connectivity index (χ0) is 23.1. The maximum atomic E-state index is 12.8. The molecule has 9 heteroatoms. The number of hydrogen-bond acceptors (Lipinski definition) is 6. The first-order valence-corrected chi connectivity index (χ1v) is 12.1. The average molecular weight is 463 g/mol. The monoisotopic (exact) mass is 462 g/mol. The van der Waals surface area contributed by atoms with Crippen LogP contribution in [0, 0.1) is 6.92 Å². The summed E-state index contributed by atoms with van der Waals surface area (Å²) in [5.74, 6) is 0. The van der Waals surface area contributed by atoms with Gasteiger partial charge in [-0.3, -0.25) is 0 Å². The molecule has 1 fully saturated rings. The van der Waals surface area contributed by atoms with Gasteiger partial charge in [0.05, 0.1) is 23.6 Å². The second-order valence-electron chi connectivity index (χ2n) is 8.06. The number of amides is 1. The minimum atomic E-state index is -3.83. The van der Waals surface area contributed by atoms with Gasteiger partial charge in [0.15, 0.2) is 0 Å². The van der Waals surface area contributed by atoms with Crippen LogP contribution in [-0.2, 0) is 21.4 Å². The number of β-amino-alcohol motifs (C(OH)–C–C–N with tert-alkyl or cyclic N) is 1. The van der Waals surface area contributed by atoms with Crippen molar-refractivity contribution in [3.05, 3.63) is 65.7 Å². The Bertz CT molecular complexity index is 981. The van der Waals surface area contributed by atoms with Crippen molar-refractivity contribution in [2.45, 2.75) is 55.9 Å². The van der Waals surface area contributed by atoms with Crippen LogP contribution in [0.5, 0.6) is 0 Å². The van der Waals surface area contributed by atoms with Crippen molar-refractivity contribution < 1.29 is 28.2 Å². The molecular weight excluding hydrogens is 432 g/mol. The Balaban J connectivity index is 1.69. The lowest BCUT2D eigenvalue weighted by molar-refractivity contribution is 0.00329. The molecule has 3 N–H and O–H groups in total. The molecule has 1 saturated heterocycles. The fraction of sp³-hybridized carbons (Fsp3) is 0.435. The molecular formula is C23H30N2O6S. The van der Waals surface area contributed by atoms with Crippen molar-refractivity contribution in [3.63, 3.8) is 0 Å². The van der Waals surface area contributed by atoms with Gasteiger partial charge in [0.1, 0.15) is 6.61 Å². The van der Waals surface area contributed by atoms with Crippen LogP contribution in [0.2, 0.25) is 0 Å². The van der Waals surface area contributed by atoms with Crippen LogP contribution in [-0.4, -0.2) is 61.0 Å². The van der Waals surface area contributed by atoms with Gasteiger partial charge < -0.3 is 19.8 Å². The minimum Gasteiger partial charge on any atom is -0.445 e. The summed E-state index contributed by atoms with van der Waals surface area (Å²) >= 11 is 0. The lowest BCUT2D eigenvalue weighted by Crippen LogP contribution is -2.59. The van der Waals surface area contributed by atoms with Crippen LogP contribution in [0.15, 0.2) is 59.5 Å². The number of rotatable bonds is 8. The van der Waals surface area contributed by atoms with E-state index in [4.69, 9.17) is 4.74 Å². The highest BCUT2D eigenvalue weighted by atomic mass is 32.2. The fourth-order valence-corrected chi connectivity index (χ4v) is 5.08. The molecule has 3 atom stereocenters. The van der Waals surface area contributed by atoms with E-state index in [0.29, 0.717) is 12.8 Å². The third-order valence-electron chi connectivity index (χ3n) is 5.59. The Kier molecular flexibility index (Phi) is 8.25. The number of ether oxygens (including phenoxy) is 1. The van der Waals surface area contributed by atoms with E-state index in [9.17, 15) is 23.4 Å². The van der Waals surface area contributed by atoms with Crippen LogP contribution in [0.3, 0.4) is 0 Å². The maximum absolute atomic E-state index is 12.8. The molecule has 0 saturated carbocycles. The molecule has 0 radical (unpaired) electrons. The number of carbonyl (C=O) groups excluding carboxylic acids is 1. The van der Waals surface area contributed by atoms with Crippen LogP contribution in [0.1, 0.15) is 30.4 Å². The molecule has 0 bridgehead atoms. The summed E-state index contributed by atoms with van der Waals surface area (Å²) in [6, 6.07) is 14.6. The minimum absolute atomic E-state index is 0.0499. The number of benzene rings is 2. The van der Waals surface area contributed by atoms with Gasteiger partial charge in [-0.2, -0.15) is 0 Å². The average Bonchev–Trinajstić information content (AvgIpc) is 2.78. The molecule has 0 aromatic heterocycles. The summed E-state index contributed by atoms with van der Waals surface area (Å²) in [7, 11) is -3.83. The normalized spacial score (nSPS) is 21.3. The second kappa shape index (κ2) is 10.9. The SMILES string of the molecule is Cc1ccc(S(=O)(=O)N[C@H]2C[C@@H](CCCO)N(C(=O)OCc3ccccc3)C[C@@H]2O)cc1. The molecule has 0 aliphatic carbocycles. The molecule has 1 amide bonds. The number of sulfonamides is 1. The van der Waals surface area contributed by atoms with E-state index in [0.717, 1.165) is 11.1 Å². The summed E-state index contributed by atoms with van der Waals surface area (Å²) in [5.41, 5.74) is 1.78. The first kappa shape index (κ1) is 24.2. The lowest BCUT2D eigenvalue weighted by Gasteiger charge is -2.41. The zero-order valence-corrected chi connectivity index (χ0v) is 18.9. The highest BCUT2D eigenvalue weighted by Crippen LogP contribution is 2.25. The highest BCUT2D eigenvalue weighted by molar-refractivity contribution is 7.89. The summed E-state index contributed by atoms with van der Waals surface area (Å²) in [4.78, 5) is 14.3. The van der Waals surface area contributed by atoms with Gasteiger partial charge in [-0.1, -0.05) is 48.0 Å². The van der Waals surface area contributed by atoms with Gasteiger partial charge in [0, 0.05) is 12.6 Å². The Morgan fingerprint density at radius 2 is 1.84 bits per heavy atom. The molecule has 2 aromatic carbocycles. The number of nitrogens with one attached hydrogen (secondary N) is 1. The van der Waals surface area contributed by atoms with E-state index < -0.39 is 28.3 Å². The molecule has 0 spiro atoms. The van der Waals surface area contributed by atoms with E-state index >= 15 is 0 Å². The van der Waals surface area contributed by atoms with E-state index in [1.54, 1.807) is 12.1 Å². The van der Waals surface area contributed by atoms with E-state index in [2.05, 4.69) is 4.72 Å². The number of likely N-dealkylation sites (tertiary alicyclic amines) is 1. The zero-order valence-electron chi connectivity index (χ0n) is 18.1. The van der Waals surface area contributed by atoms with Crippen LogP contribution < -0.4 is 4.72 Å². The molecule has 1 aliphatic heterocycles. The molecule has 2 aromatic rings. The second-order valence-corrected chi connectivity index (χ2v) is 9.77. The topological polar surface area (TPSA) is 116 Å². The van der Waals surface area contributed by atoms with Crippen molar-refractivity contribution in [1.29, 1.82) is 0 Å². The van der Waals surface area contributed by atoms with Crippen molar-refractivity contribution in [1.82, 2.24) is 9.62 Å². The Labute approximate surface area is 188 Å². The van der Waals surface area contributed by atoms with Crippen molar-refractivity contribution in [2.24, 2.45) is 0 Å². The van der Waals surface area contributed by atoms with Crippen LogP contribution in [0.4, 0.5) is 4.79 Å². The van der Waals surface area contributed by atoms with Gasteiger partial charge in [-0.25, -0.2) is 17.9 Å². The van der Waals surface area contributed by atoms with Gasteiger partial charge >= 0.3 is 6.09 Å². The third kappa shape index (κ3) is 6.29. The number of aliphatic hydroxyl groups is 2. The molecule has 8 nitrogen and oxygen atoms in total. The molecule has 3 rings (SSSR count). The van der Waals surface area contributed by atoms with E-state index in [1.807, 2.05) is 37.3 Å². The van der Waals surface area contributed by atoms with Crippen LogP contribution >= 0.6 is 0 Å². The van der Waals surface area contributed by atoms with Gasteiger partial charge in [-0.15, -0.1) is 0 Å². The molecule has 32 heavy (non-hydrogen) atoms. The van der Waals surface area contributed by atoms with Crippen molar-refractivity contribution in [3.8, 4) is 0 Å². The Hall–Kier alpha value is -2.46. The Morgan fingerprint density at radius 1 is 1.16 bits per heavy atom. The van der Waals surface area contributed by atoms with E-state index in [-0.39, 0.29) is 37.1 Å². The first-order valence-electron chi connectivity index (χ1n) is 10.7. The largest absolute Gasteiger partial charge is 0.445 e. The Morgan fingerprint density at radius 3 is 2.50 bits per heavy atom. The van der Waals surface area contributed by atoms with Crippen molar-refractivity contribution >= 4 is 16.1 Å². The number of nitrogens with zero attached hydrogens (tertiary/aromatic N) is 1. The fourth-order valence-electron chi connectivity index (χ4n) is 3.79. The number of aliphatic hydroxyl groups excluding tert-OH is 2. The highest BCUT2D eigenvalue weighted by Gasteiger charge is 2.39. The van der Waals surface area contributed by atoms with Gasteiger partial charge in [-0.05, 0) is 43.9 Å². The number of aryl methyl sites for hydroxylation is 1. The summed E-state index contributed by atoms with van der Waals surface area (Å²) in [6.07, 6.45) is -0.541. The smallest absolute Gasteiger partial charge is 0.410 e. The first-order chi connectivity index (χ1) is 15.3. The number of piperidine rings is 1. The predicted molar refractivity (Wildman–Crippen MR) is 119 cm³/mol. The maximum Gasteiger partial charge on any atom is 0.410 e. The van der Waals surface area contributed by atoms with Gasteiger partial charge in [0.2, 0.25) is 10.0 Å².